The maximum Gasteiger partial charge on any atom is 0.276 e. The van der Waals surface area contributed by atoms with Crippen LogP contribution in [0.2, 0.25) is 0 Å². The Bertz CT molecular complexity index is 1840. The van der Waals surface area contributed by atoms with Crippen molar-refractivity contribution in [1.82, 2.24) is 24.4 Å². The number of carbonyl (C=O) groups is 1. The maximum atomic E-state index is 13.8. The van der Waals surface area contributed by atoms with Gasteiger partial charge in [-0.3, -0.25) is 14.5 Å². The van der Waals surface area contributed by atoms with Crippen molar-refractivity contribution in [3.05, 3.63) is 81.8 Å². The molecule has 0 radical (unpaired) electrons. The van der Waals surface area contributed by atoms with Crippen LogP contribution < -0.4 is 26.0 Å². The van der Waals surface area contributed by atoms with Crippen molar-refractivity contribution in [2.45, 2.75) is 52.8 Å². The van der Waals surface area contributed by atoms with Gasteiger partial charge in [0.05, 0.1) is 18.5 Å². The van der Waals surface area contributed by atoms with Crippen LogP contribution in [0.5, 0.6) is 0 Å². The number of piperazine rings is 1. The highest BCUT2D eigenvalue weighted by atomic mass is 16.3. The van der Waals surface area contributed by atoms with E-state index in [1.54, 1.807) is 30.4 Å². The van der Waals surface area contributed by atoms with Crippen molar-refractivity contribution in [2.24, 2.45) is 12.5 Å². The Hall–Kier alpha value is -4.48. The van der Waals surface area contributed by atoms with E-state index in [0.29, 0.717) is 58.8 Å². The number of aliphatic hydroxyl groups is 1. The summed E-state index contributed by atoms with van der Waals surface area (Å²) >= 11 is 0. The number of carbonyl (C=O) groups excluding carboxylic acids is 1. The predicted molar refractivity (Wildman–Crippen MR) is 175 cm³/mol. The Morgan fingerprint density at radius 3 is 2.69 bits per heavy atom. The summed E-state index contributed by atoms with van der Waals surface area (Å²) in [7, 11) is 1.70. The van der Waals surface area contributed by atoms with Gasteiger partial charge in [-0.05, 0) is 66.6 Å². The first-order valence-corrected chi connectivity index (χ1v) is 15.7. The van der Waals surface area contributed by atoms with Crippen molar-refractivity contribution in [2.75, 3.05) is 41.3 Å². The van der Waals surface area contributed by atoms with Gasteiger partial charge in [0.15, 0.2) is 0 Å². The van der Waals surface area contributed by atoms with Crippen molar-refractivity contribution in [3.63, 3.8) is 0 Å². The number of rotatable bonds is 6. The molecule has 1 atom stereocenters. The summed E-state index contributed by atoms with van der Waals surface area (Å²) in [6, 6.07) is 9.89. The second-order valence-electron chi connectivity index (χ2n) is 13.3. The number of hydrogen-bond acceptors (Lipinski definition) is 8. The summed E-state index contributed by atoms with van der Waals surface area (Å²) in [6.07, 6.45) is 7.15. The number of nitrogens with zero attached hydrogens (tertiary/aromatic N) is 6. The standard InChI is InChI=1S/C34H40N8O3/c1-21-17-35-9-10-40(21)24-5-6-30(37-18-24)38-27-13-23(19-39(4)32(27)44)25-7-8-36-31(26(25)20-43)42-12-11-41-28(33(42)45)14-22-15-34(2,3)16-29(22)41/h5-8,13-14,18-19,21,35,43H,9-12,15-17,20H2,1-4H3,(H,37,38)/t21-/m0/s1. The van der Waals surface area contributed by atoms with Gasteiger partial charge in [-0.1, -0.05) is 13.8 Å². The Morgan fingerprint density at radius 2 is 1.93 bits per heavy atom. The molecule has 45 heavy (non-hydrogen) atoms. The van der Waals surface area contributed by atoms with Crippen molar-refractivity contribution in [3.8, 4) is 11.1 Å². The SMILES string of the molecule is C[C@H]1CNCCN1c1ccc(Nc2cc(-c3ccnc(N4CCn5c(cc6c5CC(C)(C)C6)C4=O)c3CO)cn(C)c2=O)nc1. The molecule has 3 aliphatic rings. The molecule has 11 heteroatoms. The van der Waals surface area contributed by atoms with Gasteiger partial charge in [0, 0.05) is 75.0 Å². The van der Waals surface area contributed by atoms with Crippen LogP contribution in [-0.4, -0.2) is 62.3 Å². The van der Waals surface area contributed by atoms with Crippen LogP contribution in [0.15, 0.2) is 53.7 Å². The second-order valence-corrected chi connectivity index (χ2v) is 13.3. The molecule has 1 fully saturated rings. The summed E-state index contributed by atoms with van der Waals surface area (Å²) < 4.78 is 3.68. The zero-order chi connectivity index (χ0) is 31.5. The Kier molecular flexibility index (Phi) is 7.25. The van der Waals surface area contributed by atoms with Crippen LogP contribution in [0, 0.1) is 5.41 Å². The van der Waals surface area contributed by atoms with E-state index < -0.39 is 0 Å². The predicted octanol–water partition coefficient (Wildman–Crippen LogP) is 3.46. The highest BCUT2D eigenvalue weighted by Gasteiger charge is 2.37. The molecule has 0 unspecified atom stereocenters. The van der Waals surface area contributed by atoms with Crippen LogP contribution in [-0.2, 0) is 33.0 Å². The van der Waals surface area contributed by atoms with E-state index in [-0.39, 0.29) is 23.5 Å². The fourth-order valence-corrected chi connectivity index (χ4v) is 7.19. The third-order valence-electron chi connectivity index (χ3n) is 9.41. The number of anilines is 4. The highest BCUT2D eigenvalue weighted by Crippen LogP contribution is 2.40. The Balaban J connectivity index is 1.18. The van der Waals surface area contributed by atoms with Gasteiger partial charge in [0.2, 0.25) is 0 Å². The van der Waals surface area contributed by atoms with E-state index in [2.05, 4.69) is 50.8 Å². The molecule has 1 saturated heterocycles. The third kappa shape index (κ3) is 5.19. The lowest BCUT2D eigenvalue weighted by atomic mass is 9.90. The van der Waals surface area contributed by atoms with Gasteiger partial charge >= 0.3 is 0 Å². The van der Waals surface area contributed by atoms with Crippen LogP contribution >= 0.6 is 0 Å². The Morgan fingerprint density at radius 1 is 1.09 bits per heavy atom. The van der Waals surface area contributed by atoms with Gasteiger partial charge in [-0.15, -0.1) is 0 Å². The molecule has 7 rings (SSSR count). The monoisotopic (exact) mass is 608 g/mol. The molecule has 3 N–H and O–H groups in total. The minimum Gasteiger partial charge on any atom is -0.392 e. The number of nitrogens with one attached hydrogen (secondary N) is 2. The molecule has 0 saturated carbocycles. The zero-order valence-corrected chi connectivity index (χ0v) is 26.3. The average Bonchev–Trinajstić information content (AvgIpc) is 3.52. The molecule has 1 aliphatic carbocycles. The van der Waals surface area contributed by atoms with Crippen LogP contribution in [0.3, 0.4) is 0 Å². The van der Waals surface area contributed by atoms with Gasteiger partial charge in [0.25, 0.3) is 11.5 Å². The maximum absolute atomic E-state index is 13.8. The molecular weight excluding hydrogens is 568 g/mol. The molecule has 0 bridgehead atoms. The molecule has 2 aliphatic heterocycles. The van der Waals surface area contributed by atoms with E-state index in [1.165, 1.54) is 15.8 Å². The minimum atomic E-state index is -0.312. The third-order valence-corrected chi connectivity index (χ3v) is 9.41. The normalized spacial score (nSPS) is 19.0. The fourth-order valence-electron chi connectivity index (χ4n) is 7.19. The van der Waals surface area contributed by atoms with Crippen LogP contribution in [0.25, 0.3) is 11.1 Å². The molecule has 4 aromatic rings. The van der Waals surface area contributed by atoms with Crippen LogP contribution in [0.4, 0.5) is 23.0 Å². The molecule has 0 aromatic carbocycles. The number of pyridine rings is 3. The molecule has 234 valence electrons. The largest absolute Gasteiger partial charge is 0.392 e. The molecule has 11 nitrogen and oxygen atoms in total. The summed E-state index contributed by atoms with van der Waals surface area (Å²) in [5, 5.41) is 17.2. The van der Waals surface area contributed by atoms with E-state index in [1.807, 2.05) is 30.5 Å². The lowest BCUT2D eigenvalue weighted by Gasteiger charge is -2.35. The summed E-state index contributed by atoms with van der Waals surface area (Å²) in [4.78, 5) is 40.2. The molecule has 4 aromatic heterocycles. The first-order chi connectivity index (χ1) is 21.6. The van der Waals surface area contributed by atoms with E-state index in [0.717, 1.165) is 38.2 Å². The van der Waals surface area contributed by atoms with Crippen molar-refractivity contribution in [1.29, 1.82) is 0 Å². The van der Waals surface area contributed by atoms with Crippen molar-refractivity contribution < 1.29 is 9.90 Å². The molecule has 6 heterocycles. The number of aryl methyl sites for hydroxylation is 1. The van der Waals surface area contributed by atoms with E-state index in [4.69, 9.17) is 0 Å². The number of hydrogen-bond donors (Lipinski definition) is 3. The second kappa shape index (κ2) is 11.1. The number of amides is 1. The van der Waals surface area contributed by atoms with Gasteiger partial charge in [-0.2, -0.15) is 0 Å². The minimum absolute atomic E-state index is 0.111. The van der Waals surface area contributed by atoms with Crippen LogP contribution in [0.1, 0.15) is 48.1 Å². The van der Waals surface area contributed by atoms with Gasteiger partial charge in [-0.25, -0.2) is 9.97 Å². The summed E-state index contributed by atoms with van der Waals surface area (Å²) in [5.74, 6) is 0.891. The van der Waals surface area contributed by atoms with E-state index >= 15 is 0 Å². The summed E-state index contributed by atoms with van der Waals surface area (Å²) in [5.41, 5.74) is 6.55. The molecule has 0 spiro atoms. The number of aromatic nitrogens is 4. The number of aliphatic hydroxyl groups excluding tert-OH is 1. The lowest BCUT2D eigenvalue weighted by molar-refractivity contribution is 0.0962. The quantitative estimate of drug-likeness (QED) is 0.305. The average molecular weight is 609 g/mol. The van der Waals surface area contributed by atoms with Gasteiger partial charge in [0.1, 0.15) is 23.0 Å². The van der Waals surface area contributed by atoms with Gasteiger partial charge < -0.3 is 29.8 Å². The lowest BCUT2D eigenvalue weighted by Crippen LogP contribution is -2.49. The number of fused-ring (bicyclic) bond motifs is 3. The van der Waals surface area contributed by atoms with Crippen molar-refractivity contribution >= 4 is 28.9 Å². The van der Waals surface area contributed by atoms with E-state index in [9.17, 15) is 14.7 Å². The Labute approximate surface area is 262 Å². The molecular formula is C34H40N8O3. The first-order valence-electron chi connectivity index (χ1n) is 15.7. The highest BCUT2D eigenvalue weighted by molar-refractivity contribution is 6.06. The summed E-state index contributed by atoms with van der Waals surface area (Å²) in [6.45, 7) is 10.3. The smallest absolute Gasteiger partial charge is 0.276 e. The fraction of sp³-hybridized carbons (Fsp3) is 0.412. The topological polar surface area (TPSA) is 121 Å². The zero-order valence-electron chi connectivity index (χ0n) is 26.3. The first kappa shape index (κ1) is 29.2. The molecule has 1 amide bonds.